The summed E-state index contributed by atoms with van der Waals surface area (Å²) in [6.45, 7) is 0.766. The highest BCUT2D eigenvalue weighted by atomic mass is 35.5. The van der Waals surface area contributed by atoms with Gasteiger partial charge in [-0.15, -0.1) is 0 Å². The Labute approximate surface area is 98.6 Å². The maximum absolute atomic E-state index is 11.3. The van der Waals surface area contributed by atoms with Crippen molar-refractivity contribution in [3.8, 4) is 0 Å². The Bertz CT molecular complexity index is 398. The van der Waals surface area contributed by atoms with Crippen LogP contribution in [-0.2, 0) is 4.79 Å². The lowest BCUT2D eigenvalue weighted by atomic mass is 10.0. The van der Waals surface area contributed by atoms with Crippen molar-refractivity contribution in [2.45, 2.75) is 25.3 Å². The highest BCUT2D eigenvalue weighted by Crippen LogP contribution is 2.23. The van der Waals surface area contributed by atoms with Crippen LogP contribution in [0.3, 0.4) is 0 Å². The molecule has 0 radical (unpaired) electrons. The standard InChI is InChI=1S/C10H13ClN4O/c11-8-5-13-6-9(14-8)15-4-2-1-3-7(15)10(12)16/h5-7H,1-4H2,(H2,12,16). The molecule has 1 atom stereocenters. The lowest BCUT2D eigenvalue weighted by Crippen LogP contribution is -2.48. The summed E-state index contributed by atoms with van der Waals surface area (Å²) in [5.74, 6) is 0.303. The predicted molar refractivity (Wildman–Crippen MR) is 61.2 cm³/mol. The molecule has 1 aliphatic heterocycles. The van der Waals surface area contributed by atoms with Crippen molar-refractivity contribution in [3.63, 3.8) is 0 Å². The molecule has 0 saturated carbocycles. The number of rotatable bonds is 2. The quantitative estimate of drug-likeness (QED) is 0.836. The van der Waals surface area contributed by atoms with E-state index in [2.05, 4.69) is 9.97 Å². The van der Waals surface area contributed by atoms with Crippen molar-refractivity contribution in [3.05, 3.63) is 17.5 Å². The van der Waals surface area contributed by atoms with Crippen molar-refractivity contribution >= 4 is 23.3 Å². The van der Waals surface area contributed by atoms with E-state index in [1.165, 1.54) is 6.20 Å². The minimum Gasteiger partial charge on any atom is -0.368 e. The number of primary amides is 1. The van der Waals surface area contributed by atoms with Crippen molar-refractivity contribution in [2.24, 2.45) is 5.73 Å². The molecule has 0 spiro atoms. The fraction of sp³-hybridized carbons (Fsp3) is 0.500. The number of aromatic nitrogens is 2. The van der Waals surface area contributed by atoms with Gasteiger partial charge in [-0.25, -0.2) is 4.98 Å². The van der Waals surface area contributed by atoms with Gasteiger partial charge in [0.2, 0.25) is 5.91 Å². The van der Waals surface area contributed by atoms with Gasteiger partial charge in [0.1, 0.15) is 17.0 Å². The first-order chi connectivity index (χ1) is 7.68. The molecular weight excluding hydrogens is 228 g/mol. The second-order valence-corrected chi connectivity index (χ2v) is 4.19. The van der Waals surface area contributed by atoms with Crippen LogP contribution in [0, 0.1) is 0 Å². The van der Waals surface area contributed by atoms with Gasteiger partial charge in [0.05, 0.1) is 12.4 Å². The van der Waals surface area contributed by atoms with E-state index in [9.17, 15) is 4.79 Å². The Morgan fingerprint density at radius 2 is 2.31 bits per heavy atom. The van der Waals surface area contributed by atoms with Crippen LogP contribution in [0.2, 0.25) is 5.15 Å². The summed E-state index contributed by atoms with van der Waals surface area (Å²) in [7, 11) is 0. The van der Waals surface area contributed by atoms with Crippen LogP contribution >= 0.6 is 11.6 Å². The van der Waals surface area contributed by atoms with E-state index in [4.69, 9.17) is 17.3 Å². The third kappa shape index (κ3) is 2.24. The van der Waals surface area contributed by atoms with E-state index in [-0.39, 0.29) is 11.9 Å². The molecule has 1 aromatic rings. The second-order valence-electron chi connectivity index (χ2n) is 3.81. The van der Waals surface area contributed by atoms with Gasteiger partial charge in [-0.2, -0.15) is 0 Å². The first-order valence-corrected chi connectivity index (χ1v) is 5.60. The molecular formula is C10H13ClN4O. The van der Waals surface area contributed by atoms with Crippen molar-refractivity contribution in [1.82, 2.24) is 9.97 Å². The molecule has 1 aromatic heterocycles. The van der Waals surface area contributed by atoms with E-state index in [1.54, 1.807) is 6.20 Å². The van der Waals surface area contributed by atoms with Crippen LogP contribution in [0.1, 0.15) is 19.3 Å². The minimum absolute atomic E-state index is 0.290. The van der Waals surface area contributed by atoms with E-state index in [1.807, 2.05) is 4.90 Å². The Balaban J connectivity index is 2.26. The van der Waals surface area contributed by atoms with Crippen LogP contribution in [0.5, 0.6) is 0 Å². The molecule has 0 bridgehead atoms. The largest absolute Gasteiger partial charge is 0.368 e. The van der Waals surface area contributed by atoms with Gasteiger partial charge in [0.25, 0.3) is 0 Å². The maximum atomic E-state index is 11.3. The summed E-state index contributed by atoms with van der Waals surface area (Å²) in [4.78, 5) is 21.3. The van der Waals surface area contributed by atoms with Crippen LogP contribution in [0.4, 0.5) is 5.82 Å². The zero-order valence-corrected chi connectivity index (χ0v) is 9.52. The van der Waals surface area contributed by atoms with Gasteiger partial charge in [-0.1, -0.05) is 11.6 Å². The van der Waals surface area contributed by atoms with Crippen molar-refractivity contribution < 1.29 is 4.79 Å². The third-order valence-corrected chi connectivity index (χ3v) is 2.90. The number of amides is 1. The smallest absolute Gasteiger partial charge is 0.240 e. The highest BCUT2D eigenvalue weighted by Gasteiger charge is 2.28. The third-order valence-electron chi connectivity index (χ3n) is 2.72. The molecule has 0 aliphatic carbocycles. The molecule has 2 rings (SSSR count). The summed E-state index contributed by atoms with van der Waals surface area (Å²) in [6.07, 6.45) is 5.88. The van der Waals surface area contributed by atoms with E-state index < -0.39 is 0 Å². The number of carbonyl (C=O) groups excluding carboxylic acids is 1. The summed E-state index contributed by atoms with van der Waals surface area (Å²) in [6, 6.07) is -0.290. The molecule has 1 fully saturated rings. The van der Waals surface area contributed by atoms with Gasteiger partial charge < -0.3 is 10.6 Å². The van der Waals surface area contributed by atoms with Crippen LogP contribution in [0.25, 0.3) is 0 Å². The fourth-order valence-corrected chi connectivity index (χ4v) is 2.12. The average Bonchev–Trinajstić information content (AvgIpc) is 2.29. The molecule has 86 valence electrons. The predicted octanol–water partition coefficient (Wildman–Crippen LogP) is 0.974. The summed E-state index contributed by atoms with van der Waals surface area (Å²) < 4.78 is 0. The number of hydrogen-bond donors (Lipinski definition) is 1. The van der Waals surface area contributed by atoms with E-state index in [0.717, 1.165) is 25.8 Å². The van der Waals surface area contributed by atoms with Gasteiger partial charge in [-0.05, 0) is 19.3 Å². The molecule has 1 unspecified atom stereocenters. The summed E-state index contributed by atoms with van der Waals surface area (Å²) >= 11 is 5.77. The normalized spacial score (nSPS) is 20.8. The van der Waals surface area contributed by atoms with Crippen molar-refractivity contribution in [2.75, 3.05) is 11.4 Å². The number of piperidine rings is 1. The van der Waals surface area contributed by atoms with Gasteiger partial charge in [0.15, 0.2) is 0 Å². The average molecular weight is 241 g/mol. The Morgan fingerprint density at radius 1 is 1.50 bits per heavy atom. The number of hydrogen-bond acceptors (Lipinski definition) is 4. The zero-order chi connectivity index (χ0) is 11.5. The van der Waals surface area contributed by atoms with Gasteiger partial charge >= 0.3 is 0 Å². The van der Waals surface area contributed by atoms with Gasteiger partial charge in [-0.3, -0.25) is 9.78 Å². The molecule has 1 amide bonds. The maximum Gasteiger partial charge on any atom is 0.240 e. The molecule has 16 heavy (non-hydrogen) atoms. The molecule has 6 heteroatoms. The first-order valence-electron chi connectivity index (χ1n) is 5.22. The van der Waals surface area contributed by atoms with Gasteiger partial charge in [0, 0.05) is 6.54 Å². The molecule has 5 nitrogen and oxygen atoms in total. The number of carbonyl (C=O) groups is 1. The SMILES string of the molecule is NC(=O)C1CCCCN1c1cncc(Cl)n1. The number of halogens is 1. The fourth-order valence-electron chi connectivity index (χ4n) is 1.97. The number of nitrogens with zero attached hydrogens (tertiary/aromatic N) is 3. The summed E-state index contributed by atoms with van der Waals surface area (Å²) in [5.41, 5.74) is 5.37. The van der Waals surface area contributed by atoms with Crippen LogP contribution in [0.15, 0.2) is 12.4 Å². The number of anilines is 1. The highest BCUT2D eigenvalue weighted by molar-refractivity contribution is 6.29. The topological polar surface area (TPSA) is 72.1 Å². The van der Waals surface area contributed by atoms with Crippen LogP contribution < -0.4 is 10.6 Å². The Hall–Kier alpha value is -1.36. The molecule has 1 aliphatic rings. The lowest BCUT2D eigenvalue weighted by Gasteiger charge is -2.34. The van der Waals surface area contributed by atoms with Crippen molar-refractivity contribution in [1.29, 1.82) is 0 Å². The second kappa shape index (κ2) is 4.65. The van der Waals surface area contributed by atoms with Crippen LogP contribution in [-0.4, -0.2) is 28.5 Å². The minimum atomic E-state index is -0.318. The zero-order valence-electron chi connectivity index (χ0n) is 8.77. The monoisotopic (exact) mass is 240 g/mol. The Morgan fingerprint density at radius 3 is 3.00 bits per heavy atom. The molecule has 2 N–H and O–H groups in total. The molecule has 2 heterocycles. The molecule has 1 saturated heterocycles. The van der Waals surface area contributed by atoms with E-state index >= 15 is 0 Å². The molecule has 0 aromatic carbocycles. The lowest BCUT2D eigenvalue weighted by molar-refractivity contribution is -0.119. The Kier molecular flexibility index (Phi) is 3.24. The summed E-state index contributed by atoms with van der Waals surface area (Å²) in [5, 5.41) is 0.325. The van der Waals surface area contributed by atoms with E-state index in [0.29, 0.717) is 11.0 Å². The first kappa shape index (κ1) is 11.1. The number of nitrogens with two attached hydrogens (primary N) is 1.